The average molecular weight is 323 g/mol. The van der Waals surface area contributed by atoms with Gasteiger partial charge < -0.3 is 9.64 Å². The Hall–Kier alpha value is -2.29. The molecule has 3 nitrogen and oxygen atoms in total. The van der Waals surface area contributed by atoms with Crippen LogP contribution in [0.3, 0.4) is 0 Å². The molecule has 1 unspecified atom stereocenters. The topological polar surface area (TPSA) is 29.5 Å². The summed E-state index contributed by atoms with van der Waals surface area (Å²) in [6, 6.07) is 20.0. The van der Waals surface area contributed by atoms with E-state index in [0.717, 1.165) is 37.1 Å². The van der Waals surface area contributed by atoms with Gasteiger partial charge in [0.05, 0.1) is 6.61 Å². The number of ether oxygens (including phenoxy) is 1. The Morgan fingerprint density at radius 1 is 0.750 bits per heavy atom. The smallest absolute Gasteiger partial charge is 0.329 e. The molecule has 3 heteroatoms. The van der Waals surface area contributed by atoms with E-state index in [9.17, 15) is 4.79 Å². The van der Waals surface area contributed by atoms with Crippen molar-refractivity contribution >= 4 is 17.3 Å². The quantitative estimate of drug-likeness (QED) is 0.737. The van der Waals surface area contributed by atoms with Gasteiger partial charge in [0, 0.05) is 11.4 Å². The fourth-order valence-electron chi connectivity index (χ4n) is 3.28. The predicted molar refractivity (Wildman–Crippen MR) is 97.5 cm³/mol. The van der Waals surface area contributed by atoms with Crippen LogP contribution in [0.25, 0.3) is 0 Å². The number of nitrogens with zero attached hydrogens (tertiary/aromatic N) is 1. The molecular formula is C21H25NO2. The molecular weight excluding hydrogens is 298 g/mol. The maximum Gasteiger partial charge on any atom is 0.329 e. The molecule has 0 saturated carbocycles. The lowest BCUT2D eigenvalue weighted by Crippen LogP contribution is -2.39. The maximum atomic E-state index is 12.8. The zero-order valence-electron chi connectivity index (χ0n) is 14.1. The van der Waals surface area contributed by atoms with Gasteiger partial charge >= 0.3 is 5.97 Å². The third-order valence-electron chi connectivity index (χ3n) is 4.52. The van der Waals surface area contributed by atoms with E-state index in [4.69, 9.17) is 4.74 Å². The van der Waals surface area contributed by atoms with Crippen molar-refractivity contribution in [3.63, 3.8) is 0 Å². The molecule has 0 spiro atoms. The highest BCUT2D eigenvalue weighted by molar-refractivity contribution is 5.84. The molecule has 24 heavy (non-hydrogen) atoms. The molecule has 0 aliphatic carbocycles. The molecule has 0 radical (unpaired) electrons. The van der Waals surface area contributed by atoms with Crippen molar-refractivity contribution in [1.29, 1.82) is 0 Å². The van der Waals surface area contributed by atoms with Gasteiger partial charge in [-0.25, -0.2) is 4.79 Å². The van der Waals surface area contributed by atoms with Crippen LogP contribution >= 0.6 is 0 Å². The van der Waals surface area contributed by atoms with E-state index in [0.29, 0.717) is 6.61 Å². The van der Waals surface area contributed by atoms with Crippen molar-refractivity contribution in [2.75, 3.05) is 11.5 Å². The molecule has 0 aromatic heterocycles. The lowest BCUT2D eigenvalue weighted by atomic mass is 10.0. The molecule has 1 heterocycles. The highest BCUT2D eigenvalue weighted by Crippen LogP contribution is 2.30. The molecule has 0 N–H and O–H groups in total. The summed E-state index contributed by atoms with van der Waals surface area (Å²) in [4.78, 5) is 14.9. The molecule has 2 aromatic carbocycles. The first-order chi connectivity index (χ1) is 11.9. The lowest BCUT2D eigenvalue weighted by Gasteiger charge is -2.33. The SMILES string of the molecule is O=C1OCCCCCCCC1N(c1ccccc1)c1ccccc1. The van der Waals surface area contributed by atoms with Gasteiger partial charge in [0.1, 0.15) is 6.04 Å². The Balaban J connectivity index is 1.94. The molecule has 1 aliphatic rings. The minimum Gasteiger partial charge on any atom is -0.464 e. The van der Waals surface area contributed by atoms with Crippen molar-refractivity contribution in [1.82, 2.24) is 0 Å². The number of benzene rings is 2. The number of hydrogen-bond acceptors (Lipinski definition) is 3. The van der Waals surface area contributed by atoms with Gasteiger partial charge in [-0.1, -0.05) is 62.1 Å². The summed E-state index contributed by atoms with van der Waals surface area (Å²) in [7, 11) is 0. The number of rotatable bonds is 3. The van der Waals surface area contributed by atoms with E-state index >= 15 is 0 Å². The van der Waals surface area contributed by atoms with Gasteiger partial charge in [-0.05, 0) is 37.1 Å². The van der Waals surface area contributed by atoms with Crippen LogP contribution in [0.1, 0.15) is 38.5 Å². The summed E-state index contributed by atoms with van der Waals surface area (Å²) in [6.07, 6.45) is 6.40. The minimum atomic E-state index is -0.270. The maximum absolute atomic E-state index is 12.8. The van der Waals surface area contributed by atoms with Gasteiger partial charge in [-0.3, -0.25) is 0 Å². The van der Waals surface area contributed by atoms with Crippen molar-refractivity contribution in [3.8, 4) is 0 Å². The number of carbonyl (C=O) groups excluding carboxylic acids is 1. The predicted octanol–water partition coefficient (Wildman–Crippen LogP) is 5.09. The number of hydrogen-bond donors (Lipinski definition) is 0. The average Bonchev–Trinajstić information content (AvgIpc) is 2.64. The van der Waals surface area contributed by atoms with Crippen LogP contribution in [0.15, 0.2) is 60.7 Å². The summed E-state index contributed by atoms with van der Waals surface area (Å²) < 4.78 is 5.57. The van der Waals surface area contributed by atoms with E-state index in [-0.39, 0.29) is 12.0 Å². The normalized spacial score (nSPS) is 19.3. The second-order valence-electron chi connectivity index (χ2n) is 6.28. The second-order valence-corrected chi connectivity index (χ2v) is 6.28. The van der Waals surface area contributed by atoms with Gasteiger partial charge in [0.25, 0.3) is 0 Å². The van der Waals surface area contributed by atoms with Crippen molar-refractivity contribution in [3.05, 3.63) is 60.7 Å². The van der Waals surface area contributed by atoms with Crippen LogP contribution < -0.4 is 4.90 Å². The largest absolute Gasteiger partial charge is 0.464 e. The number of esters is 1. The third-order valence-corrected chi connectivity index (χ3v) is 4.52. The van der Waals surface area contributed by atoms with Crippen LogP contribution in [0.4, 0.5) is 11.4 Å². The third kappa shape index (κ3) is 4.16. The van der Waals surface area contributed by atoms with Crippen LogP contribution in [0.5, 0.6) is 0 Å². The van der Waals surface area contributed by atoms with Gasteiger partial charge in [0.15, 0.2) is 0 Å². The number of carbonyl (C=O) groups is 1. The molecule has 1 atom stereocenters. The van der Waals surface area contributed by atoms with E-state index in [1.807, 2.05) is 36.4 Å². The summed E-state index contributed by atoms with van der Waals surface area (Å²) in [5.41, 5.74) is 2.06. The number of anilines is 2. The number of cyclic esters (lactones) is 1. The van der Waals surface area contributed by atoms with E-state index in [1.165, 1.54) is 12.8 Å². The first-order valence-corrected chi connectivity index (χ1v) is 8.92. The summed E-state index contributed by atoms with van der Waals surface area (Å²) in [6.45, 7) is 0.534. The van der Waals surface area contributed by atoms with Crippen molar-refractivity contribution < 1.29 is 9.53 Å². The van der Waals surface area contributed by atoms with Crippen molar-refractivity contribution in [2.45, 2.75) is 44.6 Å². The van der Waals surface area contributed by atoms with E-state index < -0.39 is 0 Å². The van der Waals surface area contributed by atoms with Crippen LogP contribution in [-0.2, 0) is 9.53 Å². The molecule has 0 amide bonds. The lowest BCUT2D eigenvalue weighted by molar-refractivity contribution is -0.145. The Morgan fingerprint density at radius 3 is 1.92 bits per heavy atom. The summed E-state index contributed by atoms with van der Waals surface area (Å²) in [5, 5.41) is 0. The molecule has 1 fully saturated rings. The molecule has 0 bridgehead atoms. The highest BCUT2D eigenvalue weighted by Gasteiger charge is 2.29. The first kappa shape index (κ1) is 16.6. The van der Waals surface area contributed by atoms with Crippen molar-refractivity contribution in [2.24, 2.45) is 0 Å². The standard InChI is InChI=1S/C21H25NO2/c23-21-20(16-10-2-1-3-11-17-24-21)22(18-12-6-4-7-13-18)19-14-8-5-9-15-19/h4-9,12-15,20H,1-3,10-11,16-17H2. The Kier molecular flexibility index (Phi) is 5.89. The molecule has 1 aliphatic heterocycles. The summed E-state index contributed by atoms with van der Waals surface area (Å²) >= 11 is 0. The minimum absolute atomic E-state index is 0.107. The zero-order chi connectivity index (χ0) is 16.6. The zero-order valence-corrected chi connectivity index (χ0v) is 14.1. The van der Waals surface area contributed by atoms with Gasteiger partial charge in [-0.15, -0.1) is 0 Å². The monoisotopic (exact) mass is 323 g/mol. The molecule has 1 saturated heterocycles. The second kappa shape index (κ2) is 8.53. The van der Waals surface area contributed by atoms with E-state index in [1.54, 1.807) is 0 Å². The highest BCUT2D eigenvalue weighted by atomic mass is 16.5. The summed E-state index contributed by atoms with van der Waals surface area (Å²) in [5.74, 6) is -0.107. The van der Waals surface area contributed by atoms with Crippen LogP contribution in [0.2, 0.25) is 0 Å². The molecule has 2 aromatic rings. The Labute approximate surface area is 144 Å². The molecule has 3 rings (SSSR count). The number of para-hydroxylation sites is 2. The Bertz CT molecular complexity index is 587. The van der Waals surface area contributed by atoms with Crippen LogP contribution in [-0.4, -0.2) is 18.6 Å². The molecule has 126 valence electrons. The Morgan fingerprint density at radius 2 is 1.29 bits per heavy atom. The van der Waals surface area contributed by atoms with Gasteiger partial charge in [-0.2, -0.15) is 0 Å². The van der Waals surface area contributed by atoms with Crippen LogP contribution in [0, 0.1) is 0 Å². The fraction of sp³-hybridized carbons (Fsp3) is 0.381. The van der Waals surface area contributed by atoms with E-state index in [2.05, 4.69) is 29.2 Å². The first-order valence-electron chi connectivity index (χ1n) is 8.92. The van der Waals surface area contributed by atoms with Gasteiger partial charge in [0.2, 0.25) is 0 Å². The fourth-order valence-corrected chi connectivity index (χ4v) is 3.28.